The molecule has 0 bridgehead atoms. The van der Waals surface area contributed by atoms with Crippen molar-refractivity contribution >= 4 is 21.6 Å². The number of rotatable bonds is 3. The van der Waals surface area contributed by atoms with Crippen LogP contribution in [0, 0.1) is 6.92 Å². The summed E-state index contributed by atoms with van der Waals surface area (Å²) >= 11 is 1.10. The van der Waals surface area contributed by atoms with E-state index >= 15 is 0 Å². The molecular weight excluding hydrogens is 401 g/mol. The highest BCUT2D eigenvalue weighted by atomic mass is 32.1. The molecule has 0 amide bonds. The summed E-state index contributed by atoms with van der Waals surface area (Å²) in [6.45, 7) is 1.79. The normalized spacial score (nSPS) is 11.9. The Morgan fingerprint density at radius 3 is 2.45 bits per heavy atom. The molecule has 2 aromatic carbocycles. The van der Waals surface area contributed by atoms with Gasteiger partial charge in [-0.1, -0.05) is 42.5 Å². The first-order chi connectivity index (χ1) is 13.8. The quantitative estimate of drug-likeness (QED) is 0.522. The van der Waals surface area contributed by atoms with E-state index in [9.17, 15) is 22.8 Å². The third-order valence-corrected chi connectivity index (χ3v) is 5.96. The van der Waals surface area contributed by atoms with Crippen LogP contribution in [0.5, 0.6) is 0 Å². The van der Waals surface area contributed by atoms with E-state index in [4.69, 9.17) is 0 Å². The molecule has 29 heavy (non-hydrogen) atoms. The number of aryl methyl sites for hydroxylation is 1. The number of thiophene rings is 1. The predicted octanol–water partition coefficient (Wildman–Crippen LogP) is 4.79. The third-order valence-electron chi connectivity index (χ3n) is 4.71. The Bertz CT molecular complexity index is 1320. The lowest BCUT2D eigenvalue weighted by Crippen LogP contribution is -2.35. The largest absolute Gasteiger partial charge is 0.416 e. The number of nitrogens with one attached hydrogen (secondary N) is 1. The van der Waals surface area contributed by atoms with Gasteiger partial charge in [-0.25, -0.2) is 4.79 Å². The van der Waals surface area contributed by atoms with E-state index in [1.165, 1.54) is 6.07 Å². The molecule has 0 aliphatic rings. The molecule has 0 aliphatic heterocycles. The van der Waals surface area contributed by atoms with Gasteiger partial charge in [-0.2, -0.15) is 13.2 Å². The maximum Gasteiger partial charge on any atom is 0.416 e. The Kier molecular flexibility index (Phi) is 4.66. The van der Waals surface area contributed by atoms with Gasteiger partial charge < -0.3 is 0 Å². The second-order valence-corrected chi connectivity index (χ2v) is 7.67. The second kappa shape index (κ2) is 7.04. The summed E-state index contributed by atoms with van der Waals surface area (Å²) in [5.74, 6) is 0. The monoisotopic (exact) mass is 416 g/mol. The molecule has 2 aromatic heterocycles. The topological polar surface area (TPSA) is 54.9 Å². The van der Waals surface area contributed by atoms with E-state index in [2.05, 4.69) is 4.98 Å². The first kappa shape index (κ1) is 19.2. The molecule has 2 heterocycles. The predicted molar refractivity (Wildman–Crippen MR) is 107 cm³/mol. The molecule has 8 heteroatoms. The molecule has 4 aromatic rings. The number of hydrogen-bond donors (Lipinski definition) is 1. The Hall–Kier alpha value is -3.13. The molecule has 0 fully saturated rings. The minimum absolute atomic E-state index is 0.110. The molecule has 1 N–H and O–H groups in total. The fourth-order valence-electron chi connectivity index (χ4n) is 3.27. The van der Waals surface area contributed by atoms with E-state index in [-0.39, 0.29) is 6.54 Å². The highest BCUT2D eigenvalue weighted by Crippen LogP contribution is 2.38. The standard InChI is InChI=1S/C21H15F3N2O2S/c1-12-16-18(29-17(12)14-8-5-9-15(10-14)21(22,23)24)25-20(28)26(19(16)27)11-13-6-3-2-4-7-13/h2-10H,11H2,1H3,(H,25,28). The van der Waals surface area contributed by atoms with Gasteiger partial charge in [-0.05, 0) is 35.7 Å². The zero-order chi connectivity index (χ0) is 20.8. The molecule has 0 saturated heterocycles. The summed E-state index contributed by atoms with van der Waals surface area (Å²) in [6, 6.07) is 14.0. The van der Waals surface area contributed by atoms with Crippen molar-refractivity contribution in [1.29, 1.82) is 0 Å². The van der Waals surface area contributed by atoms with Gasteiger partial charge in [-0.3, -0.25) is 14.3 Å². The van der Waals surface area contributed by atoms with Crippen LogP contribution in [0.2, 0.25) is 0 Å². The van der Waals surface area contributed by atoms with Crippen LogP contribution in [0.3, 0.4) is 0 Å². The number of halogens is 3. The number of hydrogen-bond acceptors (Lipinski definition) is 3. The van der Waals surface area contributed by atoms with Gasteiger partial charge in [0.05, 0.1) is 17.5 Å². The maximum atomic E-state index is 13.1. The minimum Gasteiger partial charge on any atom is -0.298 e. The van der Waals surface area contributed by atoms with Crippen molar-refractivity contribution in [3.05, 3.63) is 92.1 Å². The lowest BCUT2D eigenvalue weighted by atomic mass is 10.1. The fourth-order valence-corrected chi connectivity index (χ4v) is 4.46. The van der Waals surface area contributed by atoms with Gasteiger partial charge in [0.1, 0.15) is 4.83 Å². The first-order valence-electron chi connectivity index (χ1n) is 8.73. The lowest BCUT2D eigenvalue weighted by molar-refractivity contribution is -0.137. The molecule has 0 spiro atoms. The molecule has 148 valence electrons. The van der Waals surface area contributed by atoms with Crippen LogP contribution >= 0.6 is 11.3 Å². The summed E-state index contributed by atoms with van der Waals surface area (Å²) < 4.78 is 40.3. The summed E-state index contributed by atoms with van der Waals surface area (Å²) in [7, 11) is 0. The Labute approximate surface area is 166 Å². The van der Waals surface area contributed by atoms with Crippen LogP contribution in [-0.4, -0.2) is 9.55 Å². The molecule has 0 unspecified atom stereocenters. The highest BCUT2D eigenvalue weighted by Gasteiger charge is 2.30. The summed E-state index contributed by atoms with van der Waals surface area (Å²) in [5.41, 5.74) is -0.0733. The average Bonchev–Trinajstić information content (AvgIpc) is 3.01. The Morgan fingerprint density at radius 2 is 1.76 bits per heavy atom. The SMILES string of the molecule is Cc1c(-c2cccc(C(F)(F)F)c2)sc2[nH]c(=O)n(Cc3ccccc3)c(=O)c12. The van der Waals surface area contributed by atoms with Gasteiger partial charge in [0.2, 0.25) is 0 Å². The zero-order valence-electron chi connectivity index (χ0n) is 15.2. The molecule has 0 aliphatic carbocycles. The maximum absolute atomic E-state index is 13.1. The van der Waals surface area contributed by atoms with Gasteiger partial charge >= 0.3 is 11.9 Å². The smallest absolute Gasteiger partial charge is 0.298 e. The molecule has 0 saturated carbocycles. The van der Waals surface area contributed by atoms with E-state index < -0.39 is 23.0 Å². The van der Waals surface area contributed by atoms with Gasteiger partial charge in [-0.15, -0.1) is 11.3 Å². The van der Waals surface area contributed by atoms with Crippen LogP contribution in [-0.2, 0) is 12.7 Å². The zero-order valence-corrected chi connectivity index (χ0v) is 16.0. The minimum atomic E-state index is -4.46. The van der Waals surface area contributed by atoms with Crippen molar-refractivity contribution in [2.45, 2.75) is 19.6 Å². The van der Waals surface area contributed by atoms with Crippen molar-refractivity contribution in [2.75, 3.05) is 0 Å². The number of fused-ring (bicyclic) bond motifs is 1. The number of benzene rings is 2. The van der Waals surface area contributed by atoms with E-state index in [1.807, 2.05) is 30.3 Å². The second-order valence-electron chi connectivity index (χ2n) is 6.65. The van der Waals surface area contributed by atoms with Gasteiger partial charge in [0.15, 0.2) is 0 Å². The van der Waals surface area contributed by atoms with Crippen molar-refractivity contribution in [2.24, 2.45) is 0 Å². The molecule has 4 rings (SSSR count). The van der Waals surface area contributed by atoms with Crippen molar-refractivity contribution < 1.29 is 13.2 Å². The van der Waals surface area contributed by atoms with Crippen molar-refractivity contribution in [1.82, 2.24) is 9.55 Å². The van der Waals surface area contributed by atoms with E-state index in [0.717, 1.165) is 33.6 Å². The van der Waals surface area contributed by atoms with Crippen LogP contribution in [0.15, 0.2) is 64.2 Å². The molecule has 0 atom stereocenters. The van der Waals surface area contributed by atoms with Crippen LogP contribution in [0.1, 0.15) is 16.7 Å². The van der Waals surface area contributed by atoms with Crippen LogP contribution in [0.4, 0.5) is 13.2 Å². The van der Waals surface area contributed by atoms with Crippen LogP contribution in [0.25, 0.3) is 20.7 Å². The highest BCUT2D eigenvalue weighted by molar-refractivity contribution is 7.22. The molecule has 0 radical (unpaired) electrons. The Morgan fingerprint density at radius 1 is 1.03 bits per heavy atom. The van der Waals surface area contributed by atoms with E-state index in [0.29, 0.717) is 26.2 Å². The number of alkyl halides is 3. The fraction of sp³-hybridized carbons (Fsp3) is 0.143. The molecule has 4 nitrogen and oxygen atoms in total. The van der Waals surface area contributed by atoms with Gasteiger partial charge in [0.25, 0.3) is 5.56 Å². The third kappa shape index (κ3) is 3.51. The summed E-state index contributed by atoms with van der Waals surface area (Å²) in [6.07, 6.45) is -4.46. The number of aromatic amines is 1. The average molecular weight is 416 g/mol. The number of H-pyrrole nitrogens is 1. The van der Waals surface area contributed by atoms with Crippen molar-refractivity contribution in [3.63, 3.8) is 0 Å². The number of nitrogens with zero attached hydrogens (tertiary/aromatic N) is 1. The van der Waals surface area contributed by atoms with Crippen LogP contribution < -0.4 is 11.2 Å². The summed E-state index contributed by atoms with van der Waals surface area (Å²) in [5, 5.41) is 0.318. The number of aromatic nitrogens is 2. The van der Waals surface area contributed by atoms with E-state index in [1.54, 1.807) is 13.0 Å². The van der Waals surface area contributed by atoms with Gasteiger partial charge in [0, 0.05) is 4.88 Å². The summed E-state index contributed by atoms with van der Waals surface area (Å²) in [4.78, 5) is 29.1. The first-order valence-corrected chi connectivity index (χ1v) is 9.55. The lowest BCUT2D eigenvalue weighted by Gasteiger charge is -2.08. The Balaban J connectivity index is 1.88. The van der Waals surface area contributed by atoms with Crippen molar-refractivity contribution in [3.8, 4) is 10.4 Å². The molecular formula is C21H15F3N2O2S.